The van der Waals surface area contributed by atoms with Gasteiger partial charge in [0.1, 0.15) is 5.75 Å². The van der Waals surface area contributed by atoms with Crippen LogP contribution in [0.2, 0.25) is 0 Å². The summed E-state index contributed by atoms with van der Waals surface area (Å²) in [6.07, 6.45) is 1.05. The minimum atomic E-state index is -0.129. The standard InChI is InChI=1S/C58H54N2O/c1-40-8-23-48(24-9-40)59(49-25-10-41(2)11-26-49)51-29-16-44(17-30-51)43-14-21-47(22-15-43)58(6)39-57(4,5)55-37-20-46(38-56(55)58)45-18-31-52(32-19-45)60(50-27-12-42(3)13-28-50)53-33-35-54(61-7)36-34-53/h8-38H,39H2,1-7H3. The molecule has 3 nitrogen and oxygen atoms in total. The van der Waals surface area contributed by atoms with E-state index in [4.69, 9.17) is 4.74 Å². The molecule has 0 saturated carbocycles. The third-order valence-corrected chi connectivity index (χ3v) is 12.8. The van der Waals surface area contributed by atoms with Crippen LogP contribution in [0.3, 0.4) is 0 Å². The number of methoxy groups -OCH3 is 1. The fourth-order valence-corrected chi connectivity index (χ4v) is 9.45. The highest BCUT2D eigenvalue weighted by atomic mass is 16.5. The molecule has 0 aromatic heterocycles. The number of rotatable bonds is 10. The number of fused-ring (bicyclic) bond motifs is 1. The van der Waals surface area contributed by atoms with Crippen molar-refractivity contribution >= 4 is 34.1 Å². The van der Waals surface area contributed by atoms with E-state index in [1.54, 1.807) is 7.11 Å². The first-order chi connectivity index (χ1) is 29.5. The molecule has 1 aliphatic carbocycles. The predicted molar refractivity (Wildman–Crippen MR) is 258 cm³/mol. The summed E-state index contributed by atoms with van der Waals surface area (Å²) in [6, 6.07) is 69.0. The lowest BCUT2D eigenvalue weighted by molar-refractivity contribution is 0.415. The smallest absolute Gasteiger partial charge is 0.119 e. The highest BCUT2D eigenvalue weighted by Gasteiger charge is 2.45. The van der Waals surface area contributed by atoms with Gasteiger partial charge < -0.3 is 14.5 Å². The Labute approximate surface area is 362 Å². The van der Waals surface area contributed by atoms with Crippen LogP contribution in [0, 0.1) is 20.8 Å². The average molecular weight is 795 g/mol. The predicted octanol–water partition coefficient (Wildman–Crippen LogP) is 15.9. The third-order valence-electron chi connectivity index (χ3n) is 12.8. The van der Waals surface area contributed by atoms with Crippen LogP contribution < -0.4 is 14.5 Å². The molecule has 302 valence electrons. The first-order valence-electron chi connectivity index (χ1n) is 21.4. The second-order valence-corrected chi connectivity index (χ2v) is 17.7. The highest BCUT2D eigenvalue weighted by Crippen LogP contribution is 2.54. The molecule has 0 fully saturated rings. The van der Waals surface area contributed by atoms with Crippen LogP contribution in [0.25, 0.3) is 22.3 Å². The van der Waals surface area contributed by atoms with Crippen molar-refractivity contribution < 1.29 is 4.74 Å². The number of benzene rings is 8. The number of nitrogens with zero attached hydrogens (tertiary/aromatic N) is 2. The molecule has 8 aromatic carbocycles. The van der Waals surface area contributed by atoms with Crippen LogP contribution in [0.1, 0.15) is 60.6 Å². The van der Waals surface area contributed by atoms with Crippen LogP contribution in [0.5, 0.6) is 5.75 Å². The Morgan fingerprint density at radius 2 is 0.705 bits per heavy atom. The molecule has 0 radical (unpaired) electrons. The Hall–Kier alpha value is -6.84. The summed E-state index contributed by atoms with van der Waals surface area (Å²) in [5.41, 5.74) is 19.5. The Bertz CT molecular complexity index is 2720. The molecule has 1 unspecified atom stereocenters. The monoisotopic (exact) mass is 794 g/mol. The molecular weight excluding hydrogens is 741 g/mol. The third kappa shape index (κ3) is 7.73. The maximum Gasteiger partial charge on any atom is 0.119 e. The fourth-order valence-electron chi connectivity index (χ4n) is 9.45. The first kappa shape index (κ1) is 39.6. The van der Waals surface area contributed by atoms with Gasteiger partial charge in [-0.25, -0.2) is 0 Å². The summed E-state index contributed by atoms with van der Waals surface area (Å²) in [5.74, 6) is 0.844. The van der Waals surface area contributed by atoms with E-state index in [0.29, 0.717) is 0 Å². The van der Waals surface area contributed by atoms with Gasteiger partial charge in [0.15, 0.2) is 0 Å². The number of anilines is 6. The Morgan fingerprint density at radius 1 is 0.377 bits per heavy atom. The molecule has 0 spiro atoms. The van der Waals surface area contributed by atoms with Gasteiger partial charge in [0.05, 0.1) is 7.11 Å². The summed E-state index contributed by atoms with van der Waals surface area (Å²) < 4.78 is 5.47. The largest absolute Gasteiger partial charge is 0.497 e. The molecule has 3 heteroatoms. The second-order valence-electron chi connectivity index (χ2n) is 17.7. The van der Waals surface area contributed by atoms with Gasteiger partial charge in [-0.05, 0) is 163 Å². The molecule has 9 rings (SSSR count). The van der Waals surface area contributed by atoms with Crippen molar-refractivity contribution in [3.63, 3.8) is 0 Å². The minimum absolute atomic E-state index is 0.0502. The molecule has 0 saturated heterocycles. The number of aryl methyl sites for hydroxylation is 3. The summed E-state index contributed by atoms with van der Waals surface area (Å²) in [7, 11) is 1.71. The summed E-state index contributed by atoms with van der Waals surface area (Å²) in [6.45, 7) is 13.6. The normalized spacial score (nSPS) is 15.3. The lowest BCUT2D eigenvalue weighted by Crippen LogP contribution is -2.23. The molecule has 61 heavy (non-hydrogen) atoms. The van der Waals surface area contributed by atoms with Gasteiger partial charge >= 0.3 is 0 Å². The number of ether oxygens (including phenoxy) is 1. The SMILES string of the molecule is COc1ccc(N(c2ccc(C)cc2)c2ccc(-c3ccc4c(c3)C(C)(c3ccc(-c5ccc(N(c6ccc(C)cc6)c6ccc(C)cc6)cc5)cc3)CC4(C)C)cc2)cc1. The van der Waals surface area contributed by atoms with Crippen molar-refractivity contribution in [3.8, 4) is 28.0 Å². The zero-order chi connectivity index (χ0) is 42.3. The van der Waals surface area contributed by atoms with E-state index in [2.05, 4.69) is 227 Å². The van der Waals surface area contributed by atoms with Gasteiger partial charge in [0, 0.05) is 39.5 Å². The second kappa shape index (κ2) is 16.0. The molecule has 0 heterocycles. The van der Waals surface area contributed by atoms with Gasteiger partial charge in [-0.15, -0.1) is 0 Å². The van der Waals surface area contributed by atoms with Crippen molar-refractivity contribution in [3.05, 3.63) is 221 Å². The maximum atomic E-state index is 5.47. The van der Waals surface area contributed by atoms with Crippen LogP contribution in [-0.2, 0) is 10.8 Å². The quantitative estimate of drug-likeness (QED) is 0.137. The molecule has 1 aliphatic rings. The van der Waals surface area contributed by atoms with Gasteiger partial charge in [-0.3, -0.25) is 0 Å². The highest BCUT2D eigenvalue weighted by molar-refractivity contribution is 5.80. The van der Waals surface area contributed by atoms with Crippen molar-refractivity contribution in [1.29, 1.82) is 0 Å². The minimum Gasteiger partial charge on any atom is -0.497 e. The van der Waals surface area contributed by atoms with Crippen LogP contribution in [0.4, 0.5) is 34.1 Å². The molecule has 8 aromatic rings. The zero-order valence-electron chi connectivity index (χ0n) is 36.4. The van der Waals surface area contributed by atoms with Crippen LogP contribution >= 0.6 is 0 Å². The van der Waals surface area contributed by atoms with Gasteiger partial charge in [0.2, 0.25) is 0 Å². The maximum absolute atomic E-state index is 5.47. The molecule has 0 bridgehead atoms. The lowest BCUT2D eigenvalue weighted by atomic mass is 9.74. The molecular formula is C58H54N2O. The van der Waals surface area contributed by atoms with E-state index < -0.39 is 0 Å². The van der Waals surface area contributed by atoms with Crippen molar-refractivity contribution in [2.75, 3.05) is 16.9 Å². The van der Waals surface area contributed by atoms with E-state index in [1.165, 1.54) is 55.6 Å². The number of hydrogen-bond donors (Lipinski definition) is 0. The summed E-state index contributed by atoms with van der Waals surface area (Å²) >= 11 is 0. The van der Waals surface area contributed by atoms with E-state index in [0.717, 1.165) is 46.3 Å². The topological polar surface area (TPSA) is 15.7 Å². The van der Waals surface area contributed by atoms with Crippen LogP contribution in [-0.4, -0.2) is 7.11 Å². The Morgan fingerprint density at radius 3 is 1.10 bits per heavy atom. The molecule has 0 amide bonds. The number of hydrogen-bond acceptors (Lipinski definition) is 3. The first-order valence-corrected chi connectivity index (χ1v) is 21.4. The van der Waals surface area contributed by atoms with E-state index in [9.17, 15) is 0 Å². The summed E-state index contributed by atoms with van der Waals surface area (Å²) in [5, 5.41) is 0. The molecule has 1 atom stereocenters. The van der Waals surface area contributed by atoms with E-state index >= 15 is 0 Å². The van der Waals surface area contributed by atoms with Crippen LogP contribution in [0.15, 0.2) is 188 Å². The Kier molecular flexibility index (Phi) is 10.4. The molecule has 0 N–H and O–H groups in total. The van der Waals surface area contributed by atoms with Gasteiger partial charge in [0.25, 0.3) is 0 Å². The van der Waals surface area contributed by atoms with E-state index in [-0.39, 0.29) is 10.8 Å². The van der Waals surface area contributed by atoms with Crippen molar-refractivity contribution in [2.45, 2.75) is 58.8 Å². The van der Waals surface area contributed by atoms with E-state index in [1.807, 2.05) is 12.1 Å². The zero-order valence-corrected chi connectivity index (χ0v) is 36.4. The van der Waals surface area contributed by atoms with Gasteiger partial charge in [-0.2, -0.15) is 0 Å². The lowest BCUT2D eigenvalue weighted by Gasteiger charge is -2.29. The summed E-state index contributed by atoms with van der Waals surface area (Å²) in [4.78, 5) is 4.63. The Balaban J connectivity index is 0.995. The average Bonchev–Trinajstić information content (AvgIpc) is 3.50. The van der Waals surface area contributed by atoms with Crippen molar-refractivity contribution in [2.24, 2.45) is 0 Å². The molecule has 0 aliphatic heterocycles. The van der Waals surface area contributed by atoms with Gasteiger partial charge in [-0.1, -0.05) is 135 Å². The van der Waals surface area contributed by atoms with Crippen molar-refractivity contribution in [1.82, 2.24) is 0 Å². The fraction of sp³-hybridized carbons (Fsp3) is 0.172.